The standard InChI is InChI=1S/C19H27NO7/c1-11-18(3,24)17(23)25-10-13-5-7-20(4)8-6-14(16(13)22)26-15(21)9-19(11)12(2)27-19/h5,11-12,14,24H,6-10H2,1-4H3. The van der Waals surface area contributed by atoms with Gasteiger partial charge in [-0.25, -0.2) is 4.79 Å². The van der Waals surface area contributed by atoms with Gasteiger partial charge in [0.15, 0.2) is 11.7 Å². The van der Waals surface area contributed by atoms with Crippen LogP contribution in [-0.4, -0.2) is 77.9 Å². The van der Waals surface area contributed by atoms with Gasteiger partial charge in [0.25, 0.3) is 0 Å². The van der Waals surface area contributed by atoms with Crippen LogP contribution in [0.2, 0.25) is 0 Å². The summed E-state index contributed by atoms with van der Waals surface area (Å²) < 4.78 is 16.4. The zero-order chi connectivity index (χ0) is 20.0. The molecular weight excluding hydrogens is 354 g/mol. The number of hydrogen-bond donors (Lipinski definition) is 1. The van der Waals surface area contributed by atoms with Gasteiger partial charge in [-0.05, 0) is 20.9 Å². The molecular formula is C19H27NO7. The van der Waals surface area contributed by atoms with Gasteiger partial charge < -0.3 is 24.2 Å². The van der Waals surface area contributed by atoms with Crippen molar-refractivity contribution >= 4 is 17.7 Å². The van der Waals surface area contributed by atoms with Crippen molar-refractivity contribution in [2.75, 3.05) is 26.7 Å². The van der Waals surface area contributed by atoms with Crippen LogP contribution in [0.1, 0.15) is 33.6 Å². The van der Waals surface area contributed by atoms with Crippen LogP contribution in [0.5, 0.6) is 0 Å². The Hall–Kier alpha value is -1.77. The molecule has 27 heavy (non-hydrogen) atoms. The summed E-state index contributed by atoms with van der Waals surface area (Å²) in [6.07, 6.45) is 0.650. The van der Waals surface area contributed by atoms with Gasteiger partial charge in [0.1, 0.15) is 12.2 Å². The minimum absolute atomic E-state index is 0.141. The van der Waals surface area contributed by atoms with Gasteiger partial charge in [0, 0.05) is 31.0 Å². The van der Waals surface area contributed by atoms with Crippen molar-refractivity contribution in [2.24, 2.45) is 5.92 Å². The molecule has 150 valence electrons. The molecule has 0 aliphatic carbocycles. The van der Waals surface area contributed by atoms with Crippen molar-refractivity contribution in [3.05, 3.63) is 11.6 Å². The summed E-state index contributed by atoms with van der Waals surface area (Å²) in [5, 5.41) is 10.8. The number of fused-ring (bicyclic) bond motifs is 2. The fraction of sp³-hybridized carbons (Fsp3) is 0.737. The zero-order valence-corrected chi connectivity index (χ0v) is 16.2. The molecule has 3 aliphatic rings. The largest absolute Gasteiger partial charge is 0.459 e. The van der Waals surface area contributed by atoms with Gasteiger partial charge in [-0.2, -0.15) is 0 Å². The molecule has 0 amide bonds. The Morgan fingerprint density at radius 3 is 2.56 bits per heavy atom. The second-order valence-electron chi connectivity index (χ2n) is 7.96. The molecule has 2 bridgehead atoms. The monoisotopic (exact) mass is 381 g/mol. The normalized spacial score (nSPS) is 41.4. The van der Waals surface area contributed by atoms with Crippen molar-refractivity contribution < 1.29 is 33.7 Å². The molecule has 0 saturated carbocycles. The SMILES string of the molecule is CC1OC12CC(=O)OC1CCN(C)CC=C(COC(=O)C(C)(O)C2C)C1=O. The van der Waals surface area contributed by atoms with Crippen LogP contribution in [0, 0.1) is 5.92 Å². The lowest BCUT2D eigenvalue weighted by Gasteiger charge is -2.34. The summed E-state index contributed by atoms with van der Waals surface area (Å²) in [6.45, 7) is 5.61. The molecule has 3 heterocycles. The summed E-state index contributed by atoms with van der Waals surface area (Å²) in [5.74, 6) is -2.47. The second kappa shape index (κ2) is 7.00. The highest BCUT2D eigenvalue weighted by Gasteiger charge is 2.64. The zero-order valence-electron chi connectivity index (χ0n) is 16.2. The van der Waals surface area contributed by atoms with Crippen molar-refractivity contribution in [3.8, 4) is 0 Å². The number of Topliss-reactive ketones (excluding diaryl/α,β-unsaturated/α-hetero) is 1. The average molecular weight is 381 g/mol. The average Bonchev–Trinajstić information content (AvgIpc) is 3.25. The predicted octanol–water partition coefficient (Wildman–Crippen LogP) is 0.221. The highest BCUT2D eigenvalue weighted by Crippen LogP contribution is 2.50. The molecule has 1 spiro atoms. The van der Waals surface area contributed by atoms with Crippen molar-refractivity contribution in [3.63, 3.8) is 0 Å². The molecule has 8 nitrogen and oxygen atoms in total. The number of aliphatic hydroxyl groups is 1. The van der Waals surface area contributed by atoms with Gasteiger partial charge in [-0.15, -0.1) is 0 Å². The van der Waals surface area contributed by atoms with E-state index in [0.717, 1.165) is 0 Å². The molecule has 0 aromatic carbocycles. The van der Waals surface area contributed by atoms with Crippen LogP contribution in [0.4, 0.5) is 0 Å². The Morgan fingerprint density at radius 1 is 1.26 bits per heavy atom. The molecule has 2 fully saturated rings. The van der Waals surface area contributed by atoms with E-state index >= 15 is 0 Å². The second-order valence-corrected chi connectivity index (χ2v) is 7.96. The number of rotatable bonds is 0. The van der Waals surface area contributed by atoms with Crippen LogP contribution in [0.3, 0.4) is 0 Å². The number of epoxide rings is 1. The van der Waals surface area contributed by atoms with Crippen LogP contribution < -0.4 is 0 Å². The highest BCUT2D eigenvalue weighted by molar-refractivity contribution is 6.00. The summed E-state index contributed by atoms with van der Waals surface area (Å²) in [7, 11) is 1.89. The van der Waals surface area contributed by atoms with E-state index in [-0.39, 0.29) is 30.5 Å². The Morgan fingerprint density at radius 2 is 1.93 bits per heavy atom. The van der Waals surface area contributed by atoms with E-state index in [2.05, 4.69) is 0 Å². The highest BCUT2D eigenvalue weighted by atomic mass is 16.6. The fourth-order valence-corrected chi connectivity index (χ4v) is 3.83. The number of hydrogen-bond acceptors (Lipinski definition) is 8. The Labute approximate surface area is 158 Å². The van der Waals surface area contributed by atoms with E-state index in [1.165, 1.54) is 6.92 Å². The maximum Gasteiger partial charge on any atom is 0.338 e. The van der Waals surface area contributed by atoms with E-state index in [4.69, 9.17) is 14.2 Å². The number of ether oxygens (including phenoxy) is 3. The quantitative estimate of drug-likeness (QED) is 0.469. The number of cyclic esters (lactones) is 1. The fourth-order valence-electron chi connectivity index (χ4n) is 3.83. The van der Waals surface area contributed by atoms with Gasteiger partial charge in [-0.1, -0.05) is 13.0 Å². The minimum Gasteiger partial charge on any atom is -0.459 e. The number of carbonyl (C=O) groups is 3. The molecule has 8 heteroatoms. The third-order valence-electron chi connectivity index (χ3n) is 6.10. The smallest absolute Gasteiger partial charge is 0.338 e. The number of carbonyl (C=O) groups excluding carboxylic acids is 3. The first-order chi connectivity index (χ1) is 12.6. The van der Waals surface area contributed by atoms with Crippen LogP contribution >= 0.6 is 0 Å². The third kappa shape index (κ3) is 3.66. The summed E-state index contributed by atoms with van der Waals surface area (Å²) in [4.78, 5) is 39.9. The Kier molecular flexibility index (Phi) is 5.18. The summed E-state index contributed by atoms with van der Waals surface area (Å²) >= 11 is 0. The van der Waals surface area contributed by atoms with E-state index in [1.54, 1.807) is 19.9 Å². The molecule has 3 aliphatic heterocycles. The Bertz CT molecular complexity index is 686. The van der Waals surface area contributed by atoms with E-state index in [0.29, 0.717) is 19.5 Å². The van der Waals surface area contributed by atoms with Gasteiger partial charge in [0.05, 0.1) is 12.5 Å². The van der Waals surface area contributed by atoms with Crippen molar-refractivity contribution in [1.29, 1.82) is 0 Å². The summed E-state index contributed by atoms with van der Waals surface area (Å²) in [6, 6.07) is 0. The Balaban J connectivity index is 1.95. The first-order valence-corrected chi connectivity index (χ1v) is 9.26. The molecule has 0 aromatic rings. The topological polar surface area (TPSA) is 106 Å². The van der Waals surface area contributed by atoms with Crippen molar-refractivity contribution in [1.82, 2.24) is 4.90 Å². The summed E-state index contributed by atoms with van der Waals surface area (Å²) in [5.41, 5.74) is -2.62. The van der Waals surface area contributed by atoms with E-state index in [1.807, 2.05) is 11.9 Å². The number of ketones is 1. The van der Waals surface area contributed by atoms with E-state index in [9.17, 15) is 19.5 Å². The first kappa shape index (κ1) is 20.0. The molecule has 1 N–H and O–H groups in total. The molecule has 0 radical (unpaired) electrons. The lowest BCUT2D eigenvalue weighted by atomic mass is 9.76. The molecule has 3 rings (SSSR count). The van der Waals surface area contributed by atoms with Gasteiger partial charge in [-0.3, -0.25) is 9.59 Å². The predicted molar refractivity (Wildman–Crippen MR) is 93.7 cm³/mol. The van der Waals surface area contributed by atoms with Crippen molar-refractivity contribution in [2.45, 2.75) is 57.0 Å². The number of esters is 2. The molecule has 2 saturated heterocycles. The van der Waals surface area contributed by atoms with Gasteiger partial charge >= 0.3 is 11.9 Å². The lowest BCUT2D eigenvalue weighted by molar-refractivity contribution is -0.174. The van der Waals surface area contributed by atoms with Crippen LogP contribution in [0.25, 0.3) is 0 Å². The lowest BCUT2D eigenvalue weighted by Crippen LogP contribution is -2.51. The minimum atomic E-state index is -1.87. The maximum atomic E-state index is 12.8. The number of likely N-dealkylation sites (N-methyl/N-ethyl adjacent to an activating group) is 1. The maximum absolute atomic E-state index is 12.8. The van der Waals surface area contributed by atoms with Crippen LogP contribution in [-0.2, 0) is 28.6 Å². The first-order valence-electron chi connectivity index (χ1n) is 9.26. The van der Waals surface area contributed by atoms with Gasteiger partial charge in [0.2, 0.25) is 5.78 Å². The molecule has 5 atom stereocenters. The molecule has 0 aromatic heterocycles. The van der Waals surface area contributed by atoms with Crippen LogP contribution in [0.15, 0.2) is 11.6 Å². The molecule has 5 unspecified atom stereocenters. The number of nitrogens with zero attached hydrogens (tertiary/aromatic N) is 1. The third-order valence-corrected chi connectivity index (χ3v) is 6.10. The van der Waals surface area contributed by atoms with E-state index < -0.39 is 35.2 Å².